The van der Waals surface area contributed by atoms with E-state index >= 15 is 0 Å². The standard InChI is InChI=1S/C17H21NO2S/c1-13-6-4-5-7-15(13)11-21-12-17(19)18(3)10-16-9-8-14(2)20-16/h4-9H,10-12H2,1-3H3. The van der Waals surface area contributed by atoms with Crippen LogP contribution in [0, 0.1) is 13.8 Å². The maximum atomic E-state index is 12.1. The van der Waals surface area contributed by atoms with Crippen LogP contribution in [0.3, 0.4) is 0 Å². The first-order valence-corrected chi connectivity index (χ1v) is 8.13. The number of carbonyl (C=O) groups is 1. The van der Waals surface area contributed by atoms with E-state index in [2.05, 4.69) is 19.1 Å². The molecule has 0 aliphatic rings. The molecule has 112 valence electrons. The van der Waals surface area contributed by atoms with Crippen molar-refractivity contribution in [2.45, 2.75) is 26.1 Å². The van der Waals surface area contributed by atoms with Crippen molar-refractivity contribution in [3.05, 3.63) is 59.0 Å². The van der Waals surface area contributed by atoms with E-state index in [1.165, 1.54) is 11.1 Å². The van der Waals surface area contributed by atoms with Gasteiger partial charge in [-0.2, -0.15) is 0 Å². The van der Waals surface area contributed by atoms with Crippen LogP contribution in [0.15, 0.2) is 40.8 Å². The molecular formula is C17H21NO2S. The molecule has 0 radical (unpaired) electrons. The number of benzene rings is 1. The van der Waals surface area contributed by atoms with Gasteiger partial charge in [0.2, 0.25) is 5.91 Å². The fourth-order valence-corrected chi connectivity index (χ4v) is 3.06. The summed E-state index contributed by atoms with van der Waals surface area (Å²) >= 11 is 1.65. The van der Waals surface area contributed by atoms with Crippen LogP contribution >= 0.6 is 11.8 Å². The van der Waals surface area contributed by atoms with Crippen LogP contribution < -0.4 is 0 Å². The molecule has 0 aliphatic carbocycles. The molecule has 0 aliphatic heterocycles. The van der Waals surface area contributed by atoms with Gasteiger partial charge in [0.1, 0.15) is 11.5 Å². The molecule has 1 heterocycles. The molecule has 2 aromatic rings. The number of thioether (sulfide) groups is 1. The Hall–Kier alpha value is -1.68. The molecule has 3 nitrogen and oxygen atoms in total. The first-order valence-electron chi connectivity index (χ1n) is 6.98. The molecule has 1 amide bonds. The van der Waals surface area contributed by atoms with Gasteiger partial charge in [-0.3, -0.25) is 4.79 Å². The topological polar surface area (TPSA) is 33.5 Å². The molecule has 1 aromatic heterocycles. The molecule has 0 saturated carbocycles. The number of rotatable bonds is 6. The highest BCUT2D eigenvalue weighted by molar-refractivity contribution is 7.99. The van der Waals surface area contributed by atoms with Gasteiger partial charge in [-0.05, 0) is 37.1 Å². The van der Waals surface area contributed by atoms with Gasteiger partial charge in [0, 0.05) is 12.8 Å². The van der Waals surface area contributed by atoms with E-state index in [1.807, 2.05) is 38.2 Å². The summed E-state index contributed by atoms with van der Waals surface area (Å²) in [5, 5.41) is 0. The molecule has 0 bridgehead atoms. The minimum atomic E-state index is 0.127. The van der Waals surface area contributed by atoms with E-state index in [-0.39, 0.29) is 5.91 Å². The van der Waals surface area contributed by atoms with Crippen LogP contribution in [0.1, 0.15) is 22.6 Å². The quantitative estimate of drug-likeness (QED) is 0.814. The number of furan rings is 1. The molecule has 0 saturated heterocycles. The molecule has 21 heavy (non-hydrogen) atoms. The minimum Gasteiger partial charge on any atom is -0.464 e. The average Bonchev–Trinajstić information content (AvgIpc) is 2.86. The molecule has 0 N–H and O–H groups in total. The summed E-state index contributed by atoms with van der Waals surface area (Å²) in [6, 6.07) is 12.1. The summed E-state index contributed by atoms with van der Waals surface area (Å²) in [5.74, 6) is 3.19. The Balaban J connectivity index is 1.77. The monoisotopic (exact) mass is 303 g/mol. The van der Waals surface area contributed by atoms with Crippen molar-refractivity contribution in [2.75, 3.05) is 12.8 Å². The highest BCUT2D eigenvalue weighted by Gasteiger charge is 2.11. The minimum absolute atomic E-state index is 0.127. The van der Waals surface area contributed by atoms with Crippen LogP contribution in [0.2, 0.25) is 0 Å². The zero-order valence-corrected chi connectivity index (χ0v) is 13.6. The van der Waals surface area contributed by atoms with Crippen LogP contribution in [0.25, 0.3) is 0 Å². The van der Waals surface area contributed by atoms with Crippen LogP contribution in [-0.2, 0) is 17.1 Å². The zero-order chi connectivity index (χ0) is 15.2. The first-order chi connectivity index (χ1) is 10.1. The van der Waals surface area contributed by atoms with Gasteiger partial charge in [0.25, 0.3) is 0 Å². The number of carbonyl (C=O) groups excluding carboxylic acids is 1. The van der Waals surface area contributed by atoms with E-state index in [0.717, 1.165) is 17.3 Å². The normalized spacial score (nSPS) is 10.6. The molecule has 2 rings (SSSR count). The SMILES string of the molecule is Cc1ccc(CN(C)C(=O)CSCc2ccccc2C)o1. The summed E-state index contributed by atoms with van der Waals surface area (Å²) < 4.78 is 5.49. The number of nitrogens with zero attached hydrogens (tertiary/aromatic N) is 1. The maximum absolute atomic E-state index is 12.1. The van der Waals surface area contributed by atoms with Gasteiger partial charge in [-0.1, -0.05) is 24.3 Å². The molecule has 0 unspecified atom stereocenters. The molecule has 0 atom stereocenters. The van der Waals surface area contributed by atoms with Gasteiger partial charge in [0.05, 0.1) is 12.3 Å². The fourth-order valence-electron chi connectivity index (χ4n) is 2.02. The van der Waals surface area contributed by atoms with E-state index in [0.29, 0.717) is 12.3 Å². The lowest BCUT2D eigenvalue weighted by Gasteiger charge is -2.15. The highest BCUT2D eigenvalue weighted by atomic mass is 32.2. The second kappa shape index (κ2) is 7.36. The second-order valence-electron chi connectivity index (χ2n) is 5.18. The third-order valence-electron chi connectivity index (χ3n) is 3.36. The lowest BCUT2D eigenvalue weighted by atomic mass is 10.1. The number of amides is 1. The van der Waals surface area contributed by atoms with Gasteiger partial charge in [-0.25, -0.2) is 0 Å². The molecule has 4 heteroatoms. The molecule has 0 spiro atoms. The smallest absolute Gasteiger partial charge is 0.232 e. The van der Waals surface area contributed by atoms with Crippen molar-refractivity contribution in [2.24, 2.45) is 0 Å². The van der Waals surface area contributed by atoms with Crippen molar-refractivity contribution in [3.8, 4) is 0 Å². The second-order valence-corrected chi connectivity index (χ2v) is 6.17. The Morgan fingerprint density at radius 3 is 2.62 bits per heavy atom. The summed E-state index contributed by atoms with van der Waals surface area (Å²) in [4.78, 5) is 13.8. The van der Waals surface area contributed by atoms with Crippen molar-refractivity contribution in [1.29, 1.82) is 0 Å². The predicted octanol–water partition coefficient (Wildman–Crippen LogP) is 3.79. The molecule has 1 aromatic carbocycles. The molecular weight excluding hydrogens is 282 g/mol. The zero-order valence-electron chi connectivity index (χ0n) is 12.8. The van der Waals surface area contributed by atoms with Gasteiger partial charge >= 0.3 is 0 Å². The number of aryl methyl sites for hydroxylation is 2. The van der Waals surface area contributed by atoms with E-state index in [4.69, 9.17) is 4.42 Å². The van der Waals surface area contributed by atoms with Gasteiger partial charge < -0.3 is 9.32 Å². The lowest BCUT2D eigenvalue weighted by Crippen LogP contribution is -2.27. The maximum Gasteiger partial charge on any atom is 0.232 e. The van der Waals surface area contributed by atoms with Crippen LogP contribution in [0.4, 0.5) is 0 Å². The van der Waals surface area contributed by atoms with Crippen molar-refractivity contribution >= 4 is 17.7 Å². The van der Waals surface area contributed by atoms with Crippen molar-refractivity contribution in [1.82, 2.24) is 4.90 Å². The third-order valence-corrected chi connectivity index (χ3v) is 4.33. The number of hydrogen-bond donors (Lipinski definition) is 0. The predicted molar refractivity (Wildman–Crippen MR) is 87.3 cm³/mol. The van der Waals surface area contributed by atoms with Crippen LogP contribution in [0.5, 0.6) is 0 Å². The van der Waals surface area contributed by atoms with Crippen molar-refractivity contribution in [3.63, 3.8) is 0 Å². The van der Waals surface area contributed by atoms with Gasteiger partial charge in [-0.15, -0.1) is 11.8 Å². The largest absolute Gasteiger partial charge is 0.464 e. The van der Waals surface area contributed by atoms with Crippen molar-refractivity contribution < 1.29 is 9.21 Å². The Labute approximate surface area is 130 Å². The van der Waals surface area contributed by atoms with E-state index < -0.39 is 0 Å². The summed E-state index contributed by atoms with van der Waals surface area (Å²) in [6.07, 6.45) is 0. The third kappa shape index (κ3) is 4.67. The Kier molecular flexibility index (Phi) is 5.51. The van der Waals surface area contributed by atoms with E-state index in [9.17, 15) is 4.79 Å². The summed E-state index contributed by atoms with van der Waals surface area (Å²) in [6.45, 7) is 4.53. The fraction of sp³-hybridized carbons (Fsp3) is 0.353. The van der Waals surface area contributed by atoms with Crippen LogP contribution in [-0.4, -0.2) is 23.6 Å². The Bertz CT molecular complexity index is 606. The lowest BCUT2D eigenvalue weighted by molar-refractivity contribution is -0.127. The summed E-state index contributed by atoms with van der Waals surface area (Å²) in [7, 11) is 1.81. The Morgan fingerprint density at radius 1 is 1.19 bits per heavy atom. The van der Waals surface area contributed by atoms with E-state index in [1.54, 1.807) is 16.7 Å². The van der Waals surface area contributed by atoms with Gasteiger partial charge in [0.15, 0.2) is 0 Å². The summed E-state index contributed by atoms with van der Waals surface area (Å²) in [5.41, 5.74) is 2.57. The average molecular weight is 303 g/mol. The Morgan fingerprint density at radius 2 is 1.95 bits per heavy atom. The number of hydrogen-bond acceptors (Lipinski definition) is 3. The first kappa shape index (κ1) is 15.7. The highest BCUT2D eigenvalue weighted by Crippen LogP contribution is 2.16. The molecule has 0 fully saturated rings.